The second-order valence-electron chi connectivity index (χ2n) is 5.74. The number of ether oxygens (including phenoxy) is 2. The summed E-state index contributed by atoms with van der Waals surface area (Å²) in [4.78, 5) is 2.50. The van der Waals surface area contributed by atoms with Crippen LogP contribution in [0.1, 0.15) is 33.6 Å². The van der Waals surface area contributed by atoms with E-state index in [-0.39, 0.29) is 0 Å². The number of hydrogen-bond donors (Lipinski definition) is 1. The molecule has 0 radical (unpaired) electrons. The molecule has 4 nitrogen and oxygen atoms in total. The molecule has 106 valence electrons. The van der Waals surface area contributed by atoms with Crippen LogP contribution in [-0.4, -0.2) is 62.0 Å². The van der Waals surface area contributed by atoms with Gasteiger partial charge in [0.15, 0.2) is 0 Å². The predicted molar refractivity (Wildman–Crippen MR) is 72.9 cm³/mol. The zero-order valence-electron chi connectivity index (χ0n) is 12.0. The maximum absolute atomic E-state index is 6.09. The van der Waals surface area contributed by atoms with Crippen molar-refractivity contribution in [2.75, 3.05) is 32.7 Å². The van der Waals surface area contributed by atoms with E-state index in [1.165, 1.54) is 12.8 Å². The SMILES string of the molecule is CCNCC1CCC(CN2C[C@@H](C)O[C@@H](C)C2)O1. The van der Waals surface area contributed by atoms with Gasteiger partial charge >= 0.3 is 0 Å². The zero-order valence-corrected chi connectivity index (χ0v) is 12.0. The van der Waals surface area contributed by atoms with Crippen LogP contribution in [0.3, 0.4) is 0 Å². The lowest BCUT2D eigenvalue weighted by molar-refractivity contribution is -0.0811. The minimum Gasteiger partial charge on any atom is -0.373 e. The van der Waals surface area contributed by atoms with Crippen molar-refractivity contribution in [2.45, 2.75) is 58.0 Å². The highest BCUT2D eigenvalue weighted by Crippen LogP contribution is 2.21. The molecule has 2 saturated heterocycles. The molecule has 0 bridgehead atoms. The molecule has 2 unspecified atom stereocenters. The third-order valence-corrected chi connectivity index (χ3v) is 3.77. The van der Waals surface area contributed by atoms with E-state index in [9.17, 15) is 0 Å². The first-order chi connectivity index (χ1) is 8.67. The first kappa shape index (κ1) is 14.3. The first-order valence-electron chi connectivity index (χ1n) is 7.41. The molecule has 1 N–H and O–H groups in total. The topological polar surface area (TPSA) is 33.7 Å². The van der Waals surface area contributed by atoms with E-state index < -0.39 is 0 Å². The smallest absolute Gasteiger partial charge is 0.0707 e. The van der Waals surface area contributed by atoms with Crippen LogP contribution in [0.15, 0.2) is 0 Å². The fourth-order valence-corrected chi connectivity index (χ4v) is 3.09. The summed E-state index contributed by atoms with van der Waals surface area (Å²) in [6.07, 6.45) is 3.96. The molecule has 2 fully saturated rings. The van der Waals surface area contributed by atoms with Crippen LogP contribution in [-0.2, 0) is 9.47 Å². The molecular formula is C14H28N2O2. The minimum absolute atomic E-state index is 0.354. The Bertz CT molecular complexity index is 240. The Labute approximate surface area is 111 Å². The van der Waals surface area contributed by atoms with Crippen molar-refractivity contribution >= 4 is 0 Å². The number of nitrogens with one attached hydrogen (secondary N) is 1. The first-order valence-corrected chi connectivity index (χ1v) is 7.41. The van der Waals surface area contributed by atoms with Crippen molar-refractivity contribution < 1.29 is 9.47 Å². The molecule has 18 heavy (non-hydrogen) atoms. The van der Waals surface area contributed by atoms with Gasteiger partial charge in [0, 0.05) is 26.2 Å². The fraction of sp³-hybridized carbons (Fsp3) is 1.00. The lowest BCUT2D eigenvalue weighted by Crippen LogP contribution is -2.48. The molecule has 2 rings (SSSR count). The Kier molecular flexibility index (Phi) is 5.42. The summed E-state index contributed by atoms with van der Waals surface area (Å²) >= 11 is 0. The fourth-order valence-electron chi connectivity index (χ4n) is 3.09. The average Bonchev–Trinajstić information content (AvgIpc) is 2.72. The Morgan fingerprint density at radius 2 is 1.72 bits per heavy atom. The normalized spacial score (nSPS) is 38.2. The van der Waals surface area contributed by atoms with Gasteiger partial charge in [-0.1, -0.05) is 6.92 Å². The summed E-state index contributed by atoms with van der Waals surface area (Å²) in [5, 5.41) is 3.37. The van der Waals surface area contributed by atoms with Crippen LogP contribution in [0.25, 0.3) is 0 Å². The van der Waals surface area contributed by atoms with E-state index >= 15 is 0 Å². The second kappa shape index (κ2) is 6.85. The Morgan fingerprint density at radius 1 is 1.06 bits per heavy atom. The highest BCUT2D eigenvalue weighted by Gasteiger charge is 2.29. The molecule has 0 amide bonds. The minimum atomic E-state index is 0.354. The van der Waals surface area contributed by atoms with E-state index in [1.54, 1.807) is 0 Å². The summed E-state index contributed by atoms with van der Waals surface area (Å²) in [5.41, 5.74) is 0. The molecule has 0 aromatic rings. The number of hydrogen-bond acceptors (Lipinski definition) is 4. The van der Waals surface area contributed by atoms with E-state index in [0.717, 1.165) is 32.7 Å². The van der Waals surface area contributed by atoms with Gasteiger partial charge in [-0.05, 0) is 33.2 Å². The monoisotopic (exact) mass is 256 g/mol. The van der Waals surface area contributed by atoms with E-state index in [0.29, 0.717) is 24.4 Å². The third kappa shape index (κ3) is 4.19. The van der Waals surface area contributed by atoms with Crippen molar-refractivity contribution in [2.24, 2.45) is 0 Å². The molecule has 2 heterocycles. The van der Waals surface area contributed by atoms with Crippen LogP contribution in [0.2, 0.25) is 0 Å². The Balaban J connectivity index is 1.70. The van der Waals surface area contributed by atoms with Crippen molar-refractivity contribution in [3.05, 3.63) is 0 Å². The standard InChI is InChI=1S/C14H28N2O2/c1-4-15-7-13-5-6-14(18-13)10-16-8-11(2)17-12(3)9-16/h11-15H,4-10H2,1-3H3/t11-,12+,13?,14?. The van der Waals surface area contributed by atoms with Gasteiger partial charge in [0.1, 0.15) is 0 Å². The van der Waals surface area contributed by atoms with Crippen molar-refractivity contribution in [1.29, 1.82) is 0 Å². The van der Waals surface area contributed by atoms with Crippen LogP contribution < -0.4 is 5.32 Å². The van der Waals surface area contributed by atoms with Crippen molar-refractivity contribution in [3.63, 3.8) is 0 Å². The second-order valence-corrected chi connectivity index (χ2v) is 5.74. The number of nitrogens with zero attached hydrogens (tertiary/aromatic N) is 1. The van der Waals surface area contributed by atoms with Gasteiger partial charge in [-0.15, -0.1) is 0 Å². The van der Waals surface area contributed by atoms with Crippen LogP contribution in [0.5, 0.6) is 0 Å². The summed E-state index contributed by atoms with van der Waals surface area (Å²) < 4.78 is 11.9. The van der Waals surface area contributed by atoms with Gasteiger partial charge in [-0.3, -0.25) is 4.90 Å². The van der Waals surface area contributed by atoms with Crippen LogP contribution in [0.4, 0.5) is 0 Å². The highest BCUT2D eigenvalue weighted by atomic mass is 16.5. The summed E-state index contributed by atoms with van der Waals surface area (Å²) in [6.45, 7) is 11.7. The van der Waals surface area contributed by atoms with E-state index in [2.05, 4.69) is 31.0 Å². The van der Waals surface area contributed by atoms with Gasteiger partial charge in [0.2, 0.25) is 0 Å². The van der Waals surface area contributed by atoms with E-state index in [4.69, 9.17) is 9.47 Å². The molecule has 2 aliphatic heterocycles. The van der Waals surface area contributed by atoms with E-state index in [1.807, 2.05) is 0 Å². The largest absolute Gasteiger partial charge is 0.373 e. The van der Waals surface area contributed by atoms with Crippen LogP contribution in [0, 0.1) is 0 Å². The van der Waals surface area contributed by atoms with Gasteiger partial charge in [-0.2, -0.15) is 0 Å². The van der Waals surface area contributed by atoms with Crippen molar-refractivity contribution in [1.82, 2.24) is 10.2 Å². The van der Waals surface area contributed by atoms with Gasteiger partial charge in [0.25, 0.3) is 0 Å². The van der Waals surface area contributed by atoms with Gasteiger partial charge in [0.05, 0.1) is 24.4 Å². The lowest BCUT2D eigenvalue weighted by atomic mass is 10.1. The maximum atomic E-state index is 6.09. The summed E-state index contributed by atoms with van der Waals surface area (Å²) in [7, 11) is 0. The third-order valence-electron chi connectivity index (χ3n) is 3.77. The number of rotatable bonds is 5. The Morgan fingerprint density at radius 3 is 2.39 bits per heavy atom. The summed E-state index contributed by atoms with van der Waals surface area (Å²) in [6, 6.07) is 0. The predicted octanol–water partition coefficient (Wildman–Crippen LogP) is 1.25. The molecule has 0 aromatic carbocycles. The number of likely N-dealkylation sites (N-methyl/N-ethyl adjacent to an activating group) is 1. The van der Waals surface area contributed by atoms with Crippen LogP contribution >= 0.6 is 0 Å². The quantitative estimate of drug-likeness (QED) is 0.803. The molecule has 2 aliphatic rings. The molecule has 4 heteroatoms. The molecular weight excluding hydrogens is 228 g/mol. The molecule has 4 atom stereocenters. The lowest BCUT2D eigenvalue weighted by Gasteiger charge is -2.36. The zero-order chi connectivity index (χ0) is 13.0. The van der Waals surface area contributed by atoms with Gasteiger partial charge in [-0.25, -0.2) is 0 Å². The van der Waals surface area contributed by atoms with Crippen molar-refractivity contribution in [3.8, 4) is 0 Å². The maximum Gasteiger partial charge on any atom is 0.0707 e. The molecule has 0 aromatic heterocycles. The highest BCUT2D eigenvalue weighted by molar-refractivity contribution is 4.81. The van der Waals surface area contributed by atoms with Gasteiger partial charge < -0.3 is 14.8 Å². The average molecular weight is 256 g/mol. The molecule has 0 saturated carbocycles. The Hall–Kier alpha value is -0.160. The molecule has 0 aliphatic carbocycles. The summed E-state index contributed by atoms with van der Waals surface area (Å²) in [5.74, 6) is 0. The molecule has 0 spiro atoms. The number of morpholine rings is 1.